The van der Waals surface area contributed by atoms with Gasteiger partial charge in [-0.25, -0.2) is 0 Å². The zero-order valence-corrected chi connectivity index (χ0v) is 25.6. The zero-order valence-electron chi connectivity index (χ0n) is 21.3. The summed E-state index contributed by atoms with van der Waals surface area (Å²) in [7, 11) is 0. The van der Waals surface area contributed by atoms with Gasteiger partial charge >= 0.3 is 0 Å². The predicted molar refractivity (Wildman–Crippen MR) is 161 cm³/mol. The number of hydrogen-bond acceptors (Lipinski definition) is 5. The van der Waals surface area contributed by atoms with E-state index in [0.717, 1.165) is 25.2 Å². The molecule has 6 N–H and O–H groups in total. The lowest BCUT2D eigenvalue weighted by molar-refractivity contribution is 0.134. The molecule has 1 aromatic carbocycles. The predicted octanol–water partition coefficient (Wildman–Crippen LogP) is 6.73. The Hall–Kier alpha value is -0.260. The minimum Gasteiger partial charge on any atom is -0.461 e. The van der Waals surface area contributed by atoms with Gasteiger partial charge in [0, 0.05) is 35.0 Å². The van der Waals surface area contributed by atoms with Crippen LogP contribution in [0, 0.1) is 19.0 Å². The van der Waals surface area contributed by atoms with E-state index in [1.165, 1.54) is 69.5 Å². The van der Waals surface area contributed by atoms with Gasteiger partial charge in [-0.2, -0.15) is 0 Å². The van der Waals surface area contributed by atoms with E-state index in [4.69, 9.17) is 16.2 Å². The molecule has 0 saturated heterocycles. The van der Waals surface area contributed by atoms with Gasteiger partial charge < -0.3 is 26.8 Å². The lowest BCUT2D eigenvalue weighted by Crippen LogP contribution is -2.54. The Bertz CT molecular complexity index is 803. The van der Waals surface area contributed by atoms with E-state index in [-0.39, 0.29) is 11.1 Å². The molecule has 3 rings (SSSR count). The lowest BCUT2D eigenvalue weighted by atomic mass is 9.71. The molecule has 1 aromatic rings. The average Bonchev–Trinajstić information content (AvgIpc) is 2.79. The second-order valence-corrected chi connectivity index (χ2v) is 13.5. The van der Waals surface area contributed by atoms with E-state index in [1.54, 1.807) is 0 Å². The molecule has 2 aliphatic rings. The molecule has 0 amide bonds. The van der Waals surface area contributed by atoms with Crippen molar-refractivity contribution in [1.82, 2.24) is 5.32 Å². The van der Waals surface area contributed by atoms with Crippen LogP contribution in [0.1, 0.15) is 85.5 Å². The minimum absolute atomic E-state index is 0.00311. The van der Waals surface area contributed by atoms with Gasteiger partial charge in [0.05, 0.1) is 7.14 Å². The fourth-order valence-corrected chi connectivity index (χ4v) is 7.91. The van der Waals surface area contributed by atoms with Crippen LogP contribution in [0.2, 0.25) is 0 Å². The molecule has 0 heterocycles. The Balaban J connectivity index is 1.48. The molecular formula is C27H44I2N4O. The maximum absolute atomic E-state index is 6.55. The van der Waals surface area contributed by atoms with Crippen molar-refractivity contribution < 1.29 is 4.74 Å². The summed E-state index contributed by atoms with van der Waals surface area (Å²) in [5.41, 5.74) is 13.3. The number of anilines is 1. The van der Waals surface area contributed by atoms with Crippen LogP contribution in [0.5, 0.6) is 5.75 Å². The molecule has 2 fully saturated rings. The highest BCUT2D eigenvalue weighted by Crippen LogP contribution is 2.38. The molecule has 1 unspecified atom stereocenters. The zero-order chi connectivity index (χ0) is 24.9. The van der Waals surface area contributed by atoms with E-state index < -0.39 is 0 Å². The Labute approximate surface area is 234 Å². The molecule has 2 aliphatic carbocycles. The Morgan fingerprint density at radius 3 is 2.00 bits per heavy atom. The highest BCUT2D eigenvalue weighted by atomic mass is 127. The molecular weight excluding hydrogens is 650 g/mol. The summed E-state index contributed by atoms with van der Waals surface area (Å²) < 4.78 is 7.82. The topological polar surface area (TPSA) is 85.3 Å². The summed E-state index contributed by atoms with van der Waals surface area (Å²) in [5.74, 6) is 2.26. The van der Waals surface area contributed by atoms with Crippen LogP contribution in [-0.4, -0.2) is 23.2 Å². The maximum atomic E-state index is 6.55. The molecule has 0 aromatic heterocycles. The van der Waals surface area contributed by atoms with E-state index in [1.807, 2.05) is 0 Å². The molecule has 192 valence electrons. The van der Waals surface area contributed by atoms with Crippen molar-refractivity contribution in [3.05, 3.63) is 31.7 Å². The van der Waals surface area contributed by atoms with Crippen LogP contribution in [-0.2, 0) is 0 Å². The van der Waals surface area contributed by atoms with Crippen molar-refractivity contribution in [2.75, 3.05) is 5.32 Å². The van der Waals surface area contributed by atoms with Gasteiger partial charge in [-0.15, -0.1) is 0 Å². The first kappa shape index (κ1) is 28.3. The third kappa shape index (κ3) is 7.38. The lowest BCUT2D eigenvalue weighted by Gasteiger charge is -2.45. The van der Waals surface area contributed by atoms with Gasteiger partial charge in [0.15, 0.2) is 5.75 Å². The van der Waals surface area contributed by atoms with Crippen LogP contribution in [0.25, 0.3) is 0 Å². The smallest absolute Gasteiger partial charge is 0.153 e. The van der Waals surface area contributed by atoms with Crippen molar-refractivity contribution in [2.24, 2.45) is 23.3 Å². The number of halogens is 2. The van der Waals surface area contributed by atoms with Crippen molar-refractivity contribution in [2.45, 2.75) is 109 Å². The van der Waals surface area contributed by atoms with Crippen LogP contribution < -0.4 is 26.8 Å². The SMILES string of the molecule is CCC(C)(N)C1CCC(NC(C)(C)C2CCC(Nc3cc(I)c(O/C=C/N)c(I)c3)CC2)CC1. The summed E-state index contributed by atoms with van der Waals surface area (Å²) in [4.78, 5) is 0. The summed E-state index contributed by atoms with van der Waals surface area (Å²) in [6.45, 7) is 9.32. The number of nitrogens with two attached hydrogens (primary N) is 2. The van der Waals surface area contributed by atoms with Gasteiger partial charge in [0.25, 0.3) is 0 Å². The van der Waals surface area contributed by atoms with Crippen molar-refractivity contribution in [3.63, 3.8) is 0 Å². The van der Waals surface area contributed by atoms with E-state index in [9.17, 15) is 0 Å². The number of rotatable bonds is 9. The molecule has 2 saturated carbocycles. The number of benzene rings is 1. The minimum atomic E-state index is -0.00311. The van der Waals surface area contributed by atoms with E-state index >= 15 is 0 Å². The highest BCUT2D eigenvalue weighted by molar-refractivity contribution is 14.1. The fourth-order valence-electron chi connectivity index (χ4n) is 5.89. The normalized spacial score (nSPS) is 28.0. The van der Waals surface area contributed by atoms with Crippen LogP contribution in [0.4, 0.5) is 5.69 Å². The van der Waals surface area contributed by atoms with Gasteiger partial charge in [-0.3, -0.25) is 0 Å². The number of nitrogens with one attached hydrogen (secondary N) is 2. The average molecular weight is 694 g/mol. The molecule has 7 heteroatoms. The first-order chi connectivity index (χ1) is 16.1. The molecule has 5 nitrogen and oxygen atoms in total. The van der Waals surface area contributed by atoms with Crippen LogP contribution >= 0.6 is 45.2 Å². The Morgan fingerprint density at radius 1 is 0.941 bits per heavy atom. The summed E-state index contributed by atoms with van der Waals surface area (Å²) in [5, 5.41) is 7.85. The highest BCUT2D eigenvalue weighted by Gasteiger charge is 2.37. The first-order valence-corrected chi connectivity index (χ1v) is 15.1. The summed E-state index contributed by atoms with van der Waals surface area (Å²) >= 11 is 4.67. The fraction of sp³-hybridized carbons (Fsp3) is 0.704. The van der Waals surface area contributed by atoms with Crippen LogP contribution in [0.3, 0.4) is 0 Å². The second-order valence-electron chi connectivity index (χ2n) is 11.2. The van der Waals surface area contributed by atoms with Gasteiger partial charge in [-0.1, -0.05) is 6.92 Å². The third-order valence-corrected chi connectivity index (χ3v) is 9.98. The van der Waals surface area contributed by atoms with Crippen LogP contribution in [0.15, 0.2) is 24.6 Å². The summed E-state index contributed by atoms with van der Waals surface area (Å²) in [6, 6.07) is 5.50. The summed E-state index contributed by atoms with van der Waals surface area (Å²) in [6.07, 6.45) is 14.0. The Morgan fingerprint density at radius 2 is 1.47 bits per heavy atom. The number of hydrogen-bond donors (Lipinski definition) is 4. The van der Waals surface area contributed by atoms with Gasteiger partial charge in [0.2, 0.25) is 0 Å². The molecule has 0 bridgehead atoms. The van der Waals surface area contributed by atoms with Crippen molar-refractivity contribution in [3.8, 4) is 5.75 Å². The van der Waals surface area contributed by atoms with Crippen molar-refractivity contribution in [1.29, 1.82) is 0 Å². The molecule has 0 radical (unpaired) electrons. The molecule has 0 spiro atoms. The Kier molecular flexibility index (Phi) is 10.3. The quantitative estimate of drug-likeness (QED) is 0.170. The van der Waals surface area contributed by atoms with E-state index in [2.05, 4.69) is 95.6 Å². The van der Waals surface area contributed by atoms with E-state index in [0.29, 0.717) is 18.0 Å². The molecule has 0 aliphatic heterocycles. The third-order valence-electron chi connectivity index (χ3n) is 8.38. The van der Waals surface area contributed by atoms with Crippen molar-refractivity contribution >= 4 is 50.9 Å². The number of ether oxygens (including phenoxy) is 1. The maximum Gasteiger partial charge on any atom is 0.153 e. The largest absolute Gasteiger partial charge is 0.461 e. The first-order valence-electron chi connectivity index (χ1n) is 12.9. The van der Waals surface area contributed by atoms with Gasteiger partial charge in [0.1, 0.15) is 6.26 Å². The standard InChI is InChI=1S/C27H44I2N4O/c1-5-27(4,31)19-8-12-21(13-9-19)33-26(2,3)18-6-10-20(11-7-18)32-22-16-23(28)25(24(29)17-22)34-15-14-30/h14-21,32-33H,5-13,30-31H2,1-4H3/b15-14+. The van der Waals surface area contributed by atoms with Gasteiger partial charge in [-0.05, 0) is 148 Å². The molecule has 1 atom stereocenters. The monoisotopic (exact) mass is 694 g/mol. The molecule has 34 heavy (non-hydrogen) atoms. The second kappa shape index (κ2) is 12.3.